The van der Waals surface area contributed by atoms with E-state index in [4.69, 9.17) is 0 Å². The number of rotatable bonds is 9. The molecule has 1 aromatic rings. The number of carbonyl (C=O) groups is 3. The molecule has 1 aliphatic heterocycles. The summed E-state index contributed by atoms with van der Waals surface area (Å²) in [5.74, 6) is -2.51. The zero-order valence-electron chi connectivity index (χ0n) is 16.8. The monoisotopic (exact) mass is 402 g/mol. The Balaban J connectivity index is 1.68. The third-order valence-corrected chi connectivity index (χ3v) is 6.40. The first kappa shape index (κ1) is 21.5. The lowest BCUT2D eigenvalue weighted by molar-refractivity contribution is -0.150. The van der Waals surface area contributed by atoms with Gasteiger partial charge < -0.3 is 10.2 Å². The van der Waals surface area contributed by atoms with E-state index in [2.05, 4.69) is 10.6 Å². The number of nitrogens with one attached hydrogen (secondary N) is 2. The number of carboxylic acid groups (broad SMARTS) is 2. The van der Waals surface area contributed by atoms with Crippen molar-refractivity contribution in [2.45, 2.75) is 75.5 Å². The number of carboxylic acids is 2. The van der Waals surface area contributed by atoms with Gasteiger partial charge in [-0.05, 0) is 50.5 Å². The van der Waals surface area contributed by atoms with Crippen molar-refractivity contribution in [2.75, 3.05) is 0 Å². The molecule has 0 aromatic heterocycles. The van der Waals surface area contributed by atoms with Crippen LogP contribution in [-0.4, -0.2) is 51.6 Å². The molecule has 0 bridgehead atoms. The first-order valence-electron chi connectivity index (χ1n) is 10.4. The number of aliphatic carboxylic acids is 2. The highest BCUT2D eigenvalue weighted by atomic mass is 16.4. The smallest absolute Gasteiger partial charge is 0.331 e. The fourth-order valence-electron chi connectivity index (χ4n) is 4.82. The number of carbonyl (C=O) groups excluding carboxylic acids is 1. The summed E-state index contributed by atoms with van der Waals surface area (Å²) < 4.78 is 0. The molecule has 0 spiro atoms. The van der Waals surface area contributed by atoms with E-state index in [0.29, 0.717) is 12.8 Å². The van der Waals surface area contributed by atoms with Crippen LogP contribution in [0, 0.1) is 5.92 Å². The third kappa shape index (κ3) is 4.67. The lowest BCUT2D eigenvalue weighted by Crippen LogP contribution is -2.62. The molecule has 4 N–H and O–H groups in total. The second-order valence-electron chi connectivity index (χ2n) is 8.38. The van der Waals surface area contributed by atoms with Gasteiger partial charge in [0.25, 0.3) is 0 Å². The summed E-state index contributed by atoms with van der Waals surface area (Å²) in [6, 6.07) is 7.78. The first-order chi connectivity index (χ1) is 13.8. The van der Waals surface area contributed by atoms with Gasteiger partial charge in [-0.1, -0.05) is 43.2 Å². The molecular formula is C22H30N2O5. The molecule has 1 aliphatic carbocycles. The van der Waals surface area contributed by atoms with E-state index in [1.807, 2.05) is 30.3 Å². The van der Waals surface area contributed by atoms with Crippen LogP contribution in [0.5, 0.6) is 0 Å². The average molecular weight is 402 g/mol. The topological polar surface area (TPSA) is 116 Å². The van der Waals surface area contributed by atoms with Crippen LogP contribution in [0.3, 0.4) is 0 Å². The van der Waals surface area contributed by atoms with E-state index in [9.17, 15) is 24.6 Å². The predicted octanol–water partition coefficient (Wildman–Crippen LogP) is 2.00. The van der Waals surface area contributed by atoms with Crippen molar-refractivity contribution in [3.8, 4) is 0 Å². The molecule has 7 heteroatoms. The Bertz CT molecular complexity index is 737. The number of benzene rings is 1. The molecule has 3 rings (SSSR count). The highest BCUT2D eigenvalue weighted by Gasteiger charge is 2.56. The Morgan fingerprint density at radius 3 is 2.48 bits per heavy atom. The largest absolute Gasteiger partial charge is 0.480 e. The minimum atomic E-state index is -1.63. The number of fused-ring (bicyclic) bond motifs is 1. The molecule has 29 heavy (non-hydrogen) atoms. The Labute approximate surface area is 170 Å². The Morgan fingerprint density at radius 1 is 1.17 bits per heavy atom. The maximum Gasteiger partial charge on any atom is 0.331 e. The normalized spacial score (nSPS) is 28.3. The zero-order valence-corrected chi connectivity index (χ0v) is 16.8. The fourth-order valence-corrected chi connectivity index (χ4v) is 4.82. The van der Waals surface area contributed by atoms with E-state index in [1.165, 1.54) is 0 Å². The van der Waals surface area contributed by atoms with E-state index in [-0.39, 0.29) is 18.4 Å². The summed E-state index contributed by atoms with van der Waals surface area (Å²) in [6.45, 7) is 1.56. The molecule has 0 radical (unpaired) electrons. The van der Waals surface area contributed by atoms with Crippen molar-refractivity contribution in [3.05, 3.63) is 35.9 Å². The van der Waals surface area contributed by atoms with Crippen molar-refractivity contribution in [2.24, 2.45) is 5.92 Å². The van der Waals surface area contributed by atoms with Gasteiger partial charge in [0.15, 0.2) is 11.3 Å². The van der Waals surface area contributed by atoms with Gasteiger partial charge in [-0.25, -0.2) is 4.79 Å². The van der Waals surface area contributed by atoms with Gasteiger partial charge in [-0.3, -0.25) is 20.2 Å². The molecule has 5 unspecified atom stereocenters. The molecule has 2 aliphatic rings. The molecule has 7 nitrogen and oxygen atoms in total. The van der Waals surface area contributed by atoms with Crippen LogP contribution in [0.2, 0.25) is 0 Å². The maximum atomic E-state index is 13.2. The average Bonchev–Trinajstić information content (AvgIpc) is 3.12. The highest BCUT2D eigenvalue weighted by Crippen LogP contribution is 2.39. The summed E-state index contributed by atoms with van der Waals surface area (Å²) >= 11 is 0. The van der Waals surface area contributed by atoms with Crippen molar-refractivity contribution in [1.29, 1.82) is 0 Å². The van der Waals surface area contributed by atoms with E-state index < -0.39 is 35.3 Å². The van der Waals surface area contributed by atoms with Gasteiger partial charge in [0.05, 0.1) is 6.04 Å². The molecule has 2 fully saturated rings. The number of hydrogen-bond donors (Lipinski definition) is 4. The highest BCUT2D eigenvalue weighted by molar-refractivity contribution is 6.10. The Kier molecular flexibility index (Phi) is 6.70. The van der Waals surface area contributed by atoms with Crippen molar-refractivity contribution in [1.82, 2.24) is 10.6 Å². The minimum Gasteiger partial charge on any atom is -0.480 e. The molecule has 1 heterocycles. The fraction of sp³-hybridized carbons (Fsp3) is 0.591. The Hall–Kier alpha value is -2.25. The summed E-state index contributed by atoms with van der Waals surface area (Å²) in [5, 5.41) is 25.5. The molecule has 5 atom stereocenters. The second-order valence-corrected chi connectivity index (χ2v) is 8.38. The third-order valence-electron chi connectivity index (χ3n) is 6.40. The van der Waals surface area contributed by atoms with E-state index in [1.54, 1.807) is 6.92 Å². The molecule has 1 saturated carbocycles. The van der Waals surface area contributed by atoms with Crippen LogP contribution in [0.25, 0.3) is 0 Å². The maximum absolute atomic E-state index is 13.2. The predicted molar refractivity (Wildman–Crippen MR) is 108 cm³/mol. The van der Waals surface area contributed by atoms with Gasteiger partial charge >= 0.3 is 11.9 Å². The lowest BCUT2D eigenvalue weighted by Gasteiger charge is -2.29. The van der Waals surface area contributed by atoms with Gasteiger partial charge in [0.2, 0.25) is 0 Å². The number of hydrogen-bond acceptors (Lipinski definition) is 5. The van der Waals surface area contributed by atoms with Gasteiger partial charge in [0.1, 0.15) is 6.04 Å². The molecular weight excluding hydrogens is 372 g/mol. The van der Waals surface area contributed by atoms with Crippen LogP contribution < -0.4 is 10.6 Å². The second kappa shape index (κ2) is 9.05. The molecule has 158 valence electrons. The lowest BCUT2D eigenvalue weighted by atomic mass is 9.80. The van der Waals surface area contributed by atoms with Crippen LogP contribution >= 0.6 is 0 Å². The van der Waals surface area contributed by atoms with Crippen LogP contribution in [-0.2, 0) is 20.8 Å². The van der Waals surface area contributed by atoms with Crippen LogP contribution in [0.4, 0.5) is 0 Å². The molecule has 1 aromatic carbocycles. The first-order valence-corrected chi connectivity index (χ1v) is 10.4. The number of ketones is 1. The zero-order chi connectivity index (χ0) is 21.0. The van der Waals surface area contributed by atoms with Crippen molar-refractivity contribution in [3.63, 3.8) is 0 Å². The van der Waals surface area contributed by atoms with Gasteiger partial charge in [0, 0.05) is 6.04 Å². The van der Waals surface area contributed by atoms with Crippen molar-refractivity contribution < 1.29 is 24.6 Å². The van der Waals surface area contributed by atoms with Gasteiger partial charge in [-0.15, -0.1) is 0 Å². The molecule has 0 amide bonds. The Morgan fingerprint density at radius 2 is 1.86 bits per heavy atom. The summed E-state index contributed by atoms with van der Waals surface area (Å²) in [4.78, 5) is 37.0. The summed E-state index contributed by atoms with van der Waals surface area (Å²) in [5.41, 5.74) is -0.614. The molecule has 1 saturated heterocycles. The quantitative estimate of drug-likeness (QED) is 0.467. The minimum absolute atomic E-state index is 0.0457. The van der Waals surface area contributed by atoms with Crippen LogP contribution in [0.1, 0.15) is 51.0 Å². The summed E-state index contributed by atoms with van der Waals surface area (Å²) in [7, 11) is 0. The van der Waals surface area contributed by atoms with Crippen LogP contribution in [0.15, 0.2) is 30.3 Å². The SMILES string of the molecule is CC(NC(CCc1ccccc1)C(=O)O)C(=O)C1(C(=O)O)CC2CCCCC2N1. The van der Waals surface area contributed by atoms with E-state index >= 15 is 0 Å². The standard InChI is InChI=1S/C22H30N2O5/c1-14(23-18(20(26)27)12-11-15-7-3-2-4-8-15)19(25)22(21(28)29)13-16-9-5-6-10-17(16)24-22/h2-4,7-8,14,16-18,23-24H,5-6,9-13H2,1H3,(H,26,27)(H,28,29). The van der Waals surface area contributed by atoms with E-state index in [0.717, 1.165) is 31.2 Å². The van der Waals surface area contributed by atoms with Gasteiger partial charge in [-0.2, -0.15) is 0 Å². The number of aryl methyl sites for hydroxylation is 1. The van der Waals surface area contributed by atoms with Crippen molar-refractivity contribution >= 4 is 17.7 Å². The number of Topliss-reactive ketones (excluding diaryl/α,β-unsaturated/α-hetero) is 1. The summed E-state index contributed by atoms with van der Waals surface area (Å²) in [6.07, 6.45) is 5.04.